The molecule has 13 heavy (non-hydrogen) atoms. The predicted molar refractivity (Wildman–Crippen MR) is 52.6 cm³/mol. The number of fused-ring (bicyclic) bond motifs is 1. The molecule has 1 N–H and O–H groups in total. The van der Waals surface area contributed by atoms with Crippen LogP contribution in [0.15, 0.2) is 16.9 Å². The van der Waals surface area contributed by atoms with Crippen molar-refractivity contribution < 1.29 is 4.79 Å². The Bertz CT molecular complexity index is 351. The van der Waals surface area contributed by atoms with Gasteiger partial charge in [-0.1, -0.05) is 0 Å². The molecule has 0 saturated carbocycles. The van der Waals surface area contributed by atoms with Gasteiger partial charge in [0.15, 0.2) is 0 Å². The molecule has 1 aromatic heterocycles. The van der Waals surface area contributed by atoms with Gasteiger partial charge in [0.2, 0.25) is 0 Å². The van der Waals surface area contributed by atoms with Crippen LogP contribution in [0, 0.1) is 0 Å². The molecule has 0 unspecified atom stereocenters. The molecule has 0 bridgehead atoms. The monoisotopic (exact) mass is 240 g/mol. The highest BCUT2D eigenvalue weighted by Gasteiger charge is 2.16. The Hall–Kier alpha value is -0.900. The van der Waals surface area contributed by atoms with Gasteiger partial charge >= 0.3 is 0 Å². The van der Waals surface area contributed by atoms with Crippen LogP contribution in [0.2, 0.25) is 0 Å². The second-order valence-corrected chi connectivity index (χ2v) is 3.86. The van der Waals surface area contributed by atoms with Crippen molar-refractivity contribution in [3.05, 3.63) is 28.0 Å². The highest BCUT2D eigenvalue weighted by Crippen LogP contribution is 2.22. The summed E-state index contributed by atoms with van der Waals surface area (Å²) in [5, 5.41) is 2.83. The number of aromatic nitrogens is 1. The molecule has 2 rings (SSSR count). The maximum Gasteiger partial charge on any atom is 0.253 e. The molecule has 1 aliphatic heterocycles. The molecular weight excluding hydrogens is 232 g/mol. The van der Waals surface area contributed by atoms with Crippen LogP contribution in [0.25, 0.3) is 0 Å². The summed E-state index contributed by atoms with van der Waals surface area (Å²) in [6, 6.07) is 0. The molecule has 0 atom stereocenters. The number of rotatable bonds is 0. The Kier molecular flexibility index (Phi) is 2.31. The molecule has 3 nitrogen and oxygen atoms in total. The minimum absolute atomic E-state index is 0.0127. The number of carbonyl (C=O) groups is 1. The number of hydrogen-bond donors (Lipinski definition) is 1. The van der Waals surface area contributed by atoms with Crippen molar-refractivity contribution in [1.29, 1.82) is 0 Å². The standard InChI is InChI=1S/C9H9BrN2O/c10-8-5-11-4-7-6(8)2-1-3-12-9(7)13/h4-5H,1-3H2,(H,12,13). The summed E-state index contributed by atoms with van der Waals surface area (Å²) in [7, 11) is 0. The fraction of sp³-hybridized carbons (Fsp3) is 0.333. The molecule has 1 aliphatic rings. The van der Waals surface area contributed by atoms with E-state index in [1.165, 1.54) is 0 Å². The SMILES string of the molecule is O=C1NCCCc2c(Br)cncc21. The van der Waals surface area contributed by atoms with Crippen molar-refractivity contribution in [2.75, 3.05) is 6.54 Å². The van der Waals surface area contributed by atoms with E-state index >= 15 is 0 Å². The van der Waals surface area contributed by atoms with E-state index in [0.29, 0.717) is 5.56 Å². The molecular formula is C9H9BrN2O. The van der Waals surface area contributed by atoms with Crippen LogP contribution in [0.3, 0.4) is 0 Å². The summed E-state index contributed by atoms with van der Waals surface area (Å²) in [5.74, 6) is -0.0127. The van der Waals surface area contributed by atoms with E-state index in [0.717, 1.165) is 29.4 Å². The van der Waals surface area contributed by atoms with E-state index in [1.807, 2.05) is 0 Å². The maximum absolute atomic E-state index is 11.5. The topological polar surface area (TPSA) is 42.0 Å². The van der Waals surface area contributed by atoms with Crippen LogP contribution in [0.5, 0.6) is 0 Å². The number of carbonyl (C=O) groups excluding carboxylic acids is 1. The summed E-state index contributed by atoms with van der Waals surface area (Å²) < 4.78 is 0.932. The summed E-state index contributed by atoms with van der Waals surface area (Å²) in [4.78, 5) is 15.5. The van der Waals surface area contributed by atoms with Gasteiger partial charge in [0.1, 0.15) is 0 Å². The van der Waals surface area contributed by atoms with Crippen molar-refractivity contribution >= 4 is 21.8 Å². The minimum atomic E-state index is -0.0127. The average Bonchev–Trinajstić information content (AvgIpc) is 2.30. The number of nitrogens with zero attached hydrogens (tertiary/aromatic N) is 1. The van der Waals surface area contributed by atoms with E-state index in [1.54, 1.807) is 12.4 Å². The normalized spacial score (nSPS) is 15.9. The third-order valence-electron chi connectivity index (χ3n) is 2.14. The van der Waals surface area contributed by atoms with E-state index in [2.05, 4.69) is 26.2 Å². The smallest absolute Gasteiger partial charge is 0.253 e. The zero-order valence-corrected chi connectivity index (χ0v) is 8.60. The van der Waals surface area contributed by atoms with Gasteiger partial charge in [-0.25, -0.2) is 0 Å². The quantitative estimate of drug-likeness (QED) is 0.748. The third-order valence-corrected chi connectivity index (χ3v) is 2.82. The Morgan fingerprint density at radius 3 is 3.15 bits per heavy atom. The lowest BCUT2D eigenvalue weighted by Crippen LogP contribution is -2.22. The lowest BCUT2D eigenvalue weighted by atomic mass is 10.1. The highest BCUT2D eigenvalue weighted by molar-refractivity contribution is 9.10. The van der Waals surface area contributed by atoms with Gasteiger partial charge in [-0.3, -0.25) is 9.78 Å². The number of halogens is 1. The van der Waals surface area contributed by atoms with Crippen molar-refractivity contribution in [1.82, 2.24) is 10.3 Å². The van der Waals surface area contributed by atoms with Gasteiger partial charge in [0.25, 0.3) is 5.91 Å². The summed E-state index contributed by atoms with van der Waals surface area (Å²) in [5.41, 5.74) is 1.77. The molecule has 0 saturated heterocycles. The molecule has 68 valence electrons. The van der Waals surface area contributed by atoms with Crippen LogP contribution in [0.1, 0.15) is 22.3 Å². The van der Waals surface area contributed by atoms with E-state index in [-0.39, 0.29) is 5.91 Å². The van der Waals surface area contributed by atoms with Gasteiger partial charge in [0, 0.05) is 23.4 Å². The fourth-order valence-electron chi connectivity index (χ4n) is 1.47. The van der Waals surface area contributed by atoms with Gasteiger partial charge in [-0.2, -0.15) is 0 Å². The van der Waals surface area contributed by atoms with Crippen molar-refractivity contribution in [3.8, 4) is 0 Å². The highest BCUT2D eigenvalue weighted by atomic mass is 79.9. The van der Waals surface area contributed by atoms with Crippen LogP contribution in [0.4, 0.5) is 0 Å². The van der Waals surface area contributed by atoms with Gasteiger partial charge in [-0.15, -0.1) is 0 Å². The lowest BCUT2D eigenvalue weighted by molar-refractivity contribution is 0.0955. The zero-order chi connectivity index (χ0) is 9.26. The van der Waals surface area contributed by atoms with E-state index in [9.17, 15) is 4.79 Å². The number of amides is 1. The molecule has 0 aromatic carbocycles. The van der Waals surface area contributed by atoms with E-state index in [4.69, 9.17) is 0 Å². The van der Waals surface area contributed by atoms with Crippen molar-refractivity contribution in [3.63, 3.8) is 0 Å². The molecule has 0 spiro atoms. The summed E-state index contributed by atoms with van der Waals surface area (Å²) >= 11 is 3.40. The lowest BCUT2D eigenvalue weighted by Gasteiger charge is -2.04. The minimum Gasteiger partial charge on any atom is -0.352 e. The van der Waals surface area contributed by atoms with Gasteiger partial charge in [-0.05, 0) is 34.3 Å². The average molecular weight is 241 g/mol. The van der Waals surface area contributed by atoms with Crippen LogP contribution in [-0.4, -0.2) is 17.4 Å². The van der Waals surface area contributed by atoms with Crippen molar-refractivity contribution in [2.24, 2.45) is 0 Å². The molecule has 0 fully saturated rings. The maximum atomic E-state index is 11.5. The first-order valence-corrected chi connectivity index (χ1v) is 4.99. The zero-order valence-electron chi connectivity index (χ0n) is 7.01. The third kappa shape index (κ3) is 1.58. The van der Waals surface area contributed by atoms with Crippen LogP contribution < -0.4 is 5.32 Å². The summed E-state index contributed by atoms with van der Waals surface area (Å²) in [6.45, 7) is 0.750. The van der Waals surface area contributed by atoms with Crippen molar-refractivity contribution in [2.45, 2.75) is 12.8 Å². The van der Waals surface area contributed by atoms with Crippen LogP contribution in [-0.2, 0) is 6.42 Å². The fourth-order valence-corrected chi connectivity index (χ4v) is 2.00. The van der Waals surface area contributed by atoms with E-state index < -0.39 is 0 Å². The predicted octanol–water partition coefficient (Wildman–Crippen LogP) is 1.52. The second-order valence-electron chi connectivity index (χ2n) is 3.01. The largest absolute Gasteiger partial charge is 0.352 e. The van der Waals surface area contributed by atoms with Gasteiger partial charge in [0.05, 0.1) is 5.56 Å². The molecule has 1 aromatic rings. The van der Waals surface area contributed by atoms with Gasteiger partial charge < -0.3 is 5.32 Å². The second kappa shape index (κ2) is 3.46. The Labute approximate surface area is 84.7 Å². The molecule has 2 heterocycles. The van der Waals surface area contributed by atoms with Crippen LogP contribution >= 0.6 is 15.9 Å². The molecule has 4 heteroatoms. The Morgan fingerprint density at radius 2 is 2.31 bits per heavy atom. The molecule has 0 aliphatic carbocycles. The first kappa shape index (κ1) is 8.69. The number of nitrogens with one attached hydrogen (secondary N) is 1. The number of hydrogen-bond acceptors (Lipinski definition) is 2. The number of pyridine rings is 1. The Morgan fingerprint density at radius 1 is 1.46 bits per heavy atom. The molecule has 0 radical (unpaired) electrons. The first-order valence-electron chi connectivity index (χ1n) is 4.19. The summed E-state index contributed by atoms with van der Waals surface area (Å²) in [6.07, 6.45) is 5.27. The molecule has 1 amide bonds. The first-order chi connectivity index (χ1) is 6.29. The Balaban J connectivity index is 2.54.